The second-order valence-corrected chi connectivity index (χ2v) is 14.6. The van der Waals surface area contributed by atoms with Crippen LogP contribution in [-0.4, -0.2) is 93.0 Å². The quantitative estimate of drug-likeness (QED) is 0.0790. The number of amides is 4. The lowest BCUT2D eigenvalue weighted by Crippen LogP contribution is -2.42. The van der Waals surface area contributed by atoms with Crippen molar-refractivity contribution in [1.82, 2.24) is 35.1 Å². The van der Waals surface area contributed by atoms with E-state index in [0.717, 1.165) is 6.42 Å². The SMILES string of the molecule is CCCN(C(=O)C(C=NC(=O)OC)c1ccccc1)[C@@H](C)c1nc2ccc(C(=O)c3ccc4nc([C@@H]5CCCN5C(=O)[C@H](NC(=O)OC)c5ccccc5)[nH]c4c3)cc2[nH]1. The molecule has 6 aromatic rings. The standard InChI is InChI=1S/C45H46N8O7/c1-5-22-52(42(55)32(26-46-44(57)59-3)28-13-8-6-9-14-28)27(2)40-47-33-20-18-30(24-35(33)49-40)39(54)31-19-21-34-36(25-31)50-41(48-34)37-17-12-23-53(37)43(56)38(51-45(58)60-4)29-15-10-7-11-16-29/h6-11,13-16,18-21,24-27,32,37-38H,5,12,17,22-23H2,1-4H3,(H,47,49)(H,48,50)(H,51,58)/t27-,32?,37-,38+/m0/s1. The number of aromatic amines is 2. The number of hydrogen-bond donors (Lipinski definition) is 3. The summed E-state index contributed by atoms with van der Waals surface area (Å²) >= 11 is 0. The van der Waals surface area contributed by atoms with Gasteiger partial charge < -0.3 is 34.6 Å². The first-order valence-corrected chi connectivity index (χ1v) is 19.8. The van der Waals surface area contributed by atoms with Gasteiger partial charge in [-0.05, 0) is 73.7 Å². The maximum Gasteiger partial charge on any atom is 0.432 e. The average Bonchev–Trinajstić information content (AvgIpc) is 4.05. The van der Waals surface area contributed by atoms with Gasteiger partial charge in [0.2, 0.25) is 5.91 Å². The molecule has 4 amide bonds. The van der Waals surface area contributed by atoms with Crippen molar-refractivity contribution in [3.05, 3.63) is 131 Å². The Morgan fingerprint density at radius 2 is 1.50 bits per heavy atom. The summed E-state index contributed by atoms with van der Waals surface area (Å²) < 4.78 is 9.50. The van der Waals surface area contributed by atoms with E-state index in [1.54, 1.807) is 58.3 Å². The van der Waals surface area contributed by atoms with Crippen LogP contribution in [0.4, 0.5) is 9.59 Å². The number of methoxy groups -OCH3 is 2. The minimum atomic E-state index is -0.941. The topological polar surface area (TPSA) is 192 Å². The van der Waals surface area contributed by atoms with Crippen LogP contribution in [0.2, 0.25) is 0 Å². The van der Waals surface area contributed by atoms with Crippen LogP contribution in [0.25, 0.3) is 22.1 Å². The Kier molecular flexibility index (Phi) is 12.4. The van der Waals surface area contributed by atoms with Crippen molar-refractivity contribution in [2.75, 3.05) is 27.3 Å². The second-order valence-electron chi connectivity index (χ2n) is 14.6. The Morgan fingerprint density at radius 1 is 0.867 bits per heavy atom. The van der Waals surface area contributed by atoms with Crippen molar-refractivity contribution in [2.45, 2.75) is 57.2 Å². The molecule has 3 N–H and O–H groups in total. The van der Waals surface area contributed by atoms with Gasteiger partial charge in [0.1, 0.15) is 17.7 Å². The summed E-state index contributed by atoms with van der Waals surface area (Å²) in [5.74, 6) is -0.449. The van der Waals surface area contributed by atoms with Gasteiger partial charge in [0.05, 0.1) is 54.3 Å². The molecule has 4 aromatic carbocycles. The summed E-state index contributed by atoms with van der Waals surface area (Å²) in [6.07, 6.45) is 1.90. The fourth-order valence-electron chi connectivity index (χ4n) is 7.66. The molecule has 1 unspecified atom stereocenters. The number of aliphatic imine (C=N–C) groups is 1. The molecule has 1 aliphatic rings. The Hall–Kier alpha value is -7.16. The Balaban J connectivity index is 1.11. The van der Waals surface area contributed by atoms with E-state index >= 15 is 0 Å². The van der Waals surface area contributed by atoms with Crippen LogP contribution < -0.4 is 5.32 Å². The number of nitrogens with one attached hydrogen (secondary N) is 3. The summed E-state index contributed by atoms with van der Waals surface area (Å²) in [5.41, 5.74) is 4.74. The maximum absolute atomic E-state index is 14.2. The van der Waals surface area contributed by atoms with Gasteiger partial charge >= 0.3 is 12.2 Å². The predicted octanol–water partition coefficient (Wildman–Crippen LogP) is 7.35. The molecule has 0 bridgehead atoms. The second kappa shape index (κ2) is 18.2. The highest BCUT2D eigenvalue weighted by Gasteiger charge is 2.37. The van der Waals surface area contributed by atoms with Crippen LogP contribution in [0, 0.1) is 0 Å². The number of carbonyl (C=O) groups is 5. The molecule has 0 radical (unpaired) electrons. The van der Waals surface area contributed by atoms with Crippen molar-refractivity contribution < 1.29 is 33.4 Å². The van der Waals surface area contributed by atoms with Crippen LogP contribution in [0.5, 0.6) is 0 Å². The molecule has 1 saturated heterocycles. The number of carbonyl (C=O) groups excluding carboxylic acids is 5. The van der Waals surface area contributed by atoms with E-state index in [-0.39, 0.29) is 23.6 Å². The molecular formula is C45H46N8O7. The molecule has 15 heteroatoms. The number of imidazole rings is 2. The molecule has 15 nitrogen and oxygen atoms in total. The number of likely N-dealkylation sites (tertiary alicyclic amines) is 1. The largest absolute Gasteiger partial charge is 0.453 e. The van der Waals surface area contributed by atoms with Gasteiger partial charge in [-0.3, -0.25) is 14.4 Å². The minimum Gasteiger partial charge on any atom is -0.453 e. The highest BCUT2D eigenvalue weighted by atomic mass is 16.5. The molecule has 1 fully saturated rings. The van der Waals surface area contributed by atoms with Crippen LogP contribution in [0.1, 0.15) is 95.9 Å². The molecule has 4 atom stereocenters. The third-order valence-electron chi connectivity index (χ3n) is 10.7. The van der Waals surface area contributed by atoms with E-state index in [0.29, 0.717) is 81.9 Å². The molecule has 60 heavy (non-hydrogen) atoms. The van der Waals surface area contributed by atoms with Gasteiger partial charge in [-0.2, -0.15) is 4.99 Å². The van der Waals surface area contributed by atoms with E-state index < -0.39 is 30.2 Å². The normalized spacial score (nSPS) is 15.5. The van der Waals surface area contributed by atoms with Crippen molar-refractivity contribution in [2.24, 2.45) is 4.99 Å². The minimum absolute atomic E-state index is 0.213. The number of H-pyrrole nitrogens is 2. The van der Waals surface area contributed by atoms with Crippen LogP contribution in [0.15, 0.2) is 102 Å². The highest BCUT2D eigenvalue weighted by molar-refractivity contribution is 6.11. The molecule has 308 valence electrons. The van der Waals surface area contributed by atoms with Crippen molar-refractivity contribution in [3.8, 4) is 0 Å². The van der Waals surface area contributed by atoms with Gasteiger partial charge in [-0.1, -0.05) is 67.6 Å². The van der Waals surface area contributed by atoms with Gasteiger partial charge in [-0.15, -0.1) is 0 Å². The smallest absolute Gasteiger partial charge is 0.432 e. The van der Waals surface area contributed by atoms with E-state index in [9.17, 15) is 24.0 Å². The fraction of sp³-hybridized carbons (Fsp3) is 0.289. The zero-order chi connectivity index (χ0) is 42.3. The molecule has 0 spiro atoms. The average molecular weight is 811 g/mol. The third-order valence-corrected chi connectivity index (χ3v) is 10.7. The van der Waals surface area contributed by atoms with E-state index in [1.807, 2.05) is 62.4 Å². The van der Waals surface area contributed by atoms with Crippen LogP contribution in [0.3, 0.4) is 0 Å². The van der Waals surface area contributed by atoms with E-state index in [4.69, 9.17) is 14.7 Å². The number of alkyl carbamates (subject to hydrolysis) is 1. The molecule has 2 aromatic heterocycles. The summed E-state index contributed by atoms with van der Waals surface area (Å²) in [6.45, 7) is 4.76. The number of hydrogen-bond acceptors (Lipinski definition) is 9. The zero-order valence-electron chi connectivity index (χ0n) is 33.8. The summed E-state index contributed by atoms with van der Waals surface area (Å²) in [5, 5.41) is 2.68. The fourth-order valence-corrected chi connectivity index (χ4v) is 7.66. The number of nitrogens with zero attached hydrogens (tertiary/aromatic N) is 5. The number of rotatable bonds is 13. The van der Waals surface area contributed by atoms with Crippen molar-refractivity contribution >= 4 is 58.1 Å². The first-order chi connectivity index (χ1) is 29.1. The molecule has 0 saturated carbocycles. The monoisotopic (exact) mass is 810 g/mol. The summed E-state index contributed by atoms with van der Waals surface area (Å²) in [6, 6.07) is 26.8. The number of ketones is 1. The lowest BCUT2D eigenvalue weighted by atomic mass is 9.98. The zero-order valence-corrected chi connectivity index (χ0v) is 33.8. The van der Waals surface area contributed by atoms with E-state index in [2.05, 4.69) is 25.0 Å². The third kappa shape index (κ3) is 8.65. The van der Waals surface area contributed by atoms with Crippen molar-refractivity contribution in [3.63, 3.8) is 0 Å². The number of aromatic nitrogens is 4. The van der Waals surface area contributed by atoms with Gasteiger partial charge in [0, 0.05) is 30.4 Å². The summed E-state index contributed by atoms with van der Waals surface area (Å²) in [7, 11) is 2.48. The van der Waals surface area contributed by atoms with Crippen LogP contribution >= 0.6 is 0 Å². The molecule has 3 heterocycles. The number of benzene rings is 4. The predicted molar refractivity (Wildman–Crippen MR) is 225 cm³/mol. The van der Waals surface area contributed by atoms with Gasteiger partial charge in [0.15, 0.2) is 5.78 Å². The molecule has 0 aliphatic carbocycles. The van der Waals surface area contributed by atoms with Crippen molar-refractivity contribution in [1.29, 1.82) is 0 Å². The lowest BCUT2D eigenvalue weighted by molar-refractivity contribution is -0.135. The highest BCUT2D eigenvalue weighted by Crippen LogP contribution is 2.34. The first-order valence-electron chi connectivity index (χ1n) is 19.8. The van der Waals surface area contributed by atoms with E-state index in [1.165, 1.54) is 20.4 Å². The van der Waals surface area contributed by atoms with Gasteiger partial charge in [-0.25, -0.2) is 19.6 Å². The lowest BCUT2D eigenvalue weighted by Gasteiger charge is -2.30. The first kappa shape index (κ1) is 41.0. The Bertz CT molecular complexity index is 2550. The number of fused-ring (bicyclic) bond motifs is 2. The maximum atomic E-state index is 14.2. The molecular weight excluding hydrogens is 765 g/mol. The Morgan fingerprint density at radius 3 is 2.13 bits per heavy atom. The number of ether oxygens (including phenoxy) is 2. The van der Waals surface area contributed by atoms with Gasteiger partial charge in [0.25, 0.3) is 5.91 Å². The molecule has 7 rings (SSSR count). The Labute approximate surface area is 346 Å². The summed E-state index contributed by atoms with van der Waals surface area (Å²) in [4.78, 5) is 89.9. The molecule has 1 aliphatic heterocycles. The van der Waals surface area contributed by atoms with Crippen LogP contribution in [-0.2, 0) is 19.1 Å².